The minimum absolute atomic E-state index is 0.167. The van der Waals surface area contributed by atoms with Crippen LogP contribution in [0.1, 0.15) is 66.7 Å². The Labute approximate surface area is 131 Å². The first-order valence-corrected chi connectivity index (χ1v) is 8.90. The first-order chi connectivity index (χ1) is 10.8. The predicted octanol–water partition coefficient (Wildman–Crippen LogP) is 2.24. The molecule has 22 heavy (non-hydrogen) atoms. The van der Waals surface area contributed by atoms with E-state index in [1.165, 1.54) is 44.9 Å². The quantitative estimate of drug-likeness (QED) is 0.896. The summed E-state index contributed by atoms with van der Waals surface area (Å²) in [5, 5.41) is 10.8. The maximum Gasteiger partial charge on any atom is 0.274 e. The van der Waals surface area contributed by atoms with Crippen molar-refractivity contribution < 1.29 is 4.79 Å². The second-order valence-corrected chi connectivity index (χ2v) is 7.15. The van der Waals surface area contributed by atoms with Crippen LogP contribution in [0.15, 0.2) is 0 Å². The minimum Gasteiger partial charge on any atom is -0.334 e. The number of rotatable bonds is 4. The van der Waals surface area contributed by atoms with Crippen LogP contribution in [0.2, 0.25) is 0 Å². The molecule has 0 atom stereocenters. The monoisotopic (exact) mass is 302 g/mol. The van der Waals surface area contributed by atoms with E-state index in [9.17, 15) is 4.79 Å². The van der Waals surface area contributed by atoms with Gasteiger partial charge in [-0.05, 0) is 31.6 Å². The van der Waals surface area contributed by atoms with Gasteiger partial charge in [-0.25, -0.2) is 0 Å². The summed E-state index contributed by atoms with van der Waals surface area (Å²) in [5.41, 5.74) is 2.93. The van der Waals surface area contributed by atoms with E-state index in [4.69, 9.17) is 0 Å². The number of hydrogen-bond acceptors (Lipinski definition) is 3. The molecule has 0 spiro atoms. The van der Waals surface area contributed by atoms with E-state index in [0.29, 0.717) is 11.7 Å². The molecule has 2 aliphatic carbocycles. The zero-order valence-corrected chi connectivity index (χ0v) is 13.2. The summed E-state index contributed by atoms with van der Waals surface area (Å²) in [6.45, 7) is 2.69. The molecular formula is C17H26N4O. The normalized spacial score (nSPS) is 22.4. The Balaban J connectivity index is 1.57. The zero-order chi connectivity index (χ0) is 14.9. The van der Waals surface area contributed by atoms with E-state index in [2.05, 4.69) is 20.4 Å². The largest absolute Gasteiger partial charge is 0.334 e. The van der Waals surface area contributed by atoms with Crippen molar-refractivity contribution in [1.82, 2.24) is 20.4 Å². The Bertz CT molecular complexity index is 543. The van der Waals surface area contributed by atoms with Crippen molar-refractivity contribution in [3.05, 3.63) is 17.0 Å². The fourth-order valence-electron chi connectivity index (χ4n) is 3.91. The van der Waals surface area contributed by atoms with Crippen LogP contribution in [-0.2, 0) is 13.0 Å². The lowest BCUT2D eigenvalue weighted by molar-refractivity contribution is 0.0614. The topological polar surface area (TPSA) is 61.0 Å². The highest BCUT2D eigenvalue weighted by atomic mass is 16.2. The second-order valence-electron chi connectivity index (χ2n) is 7.15. The molecule has 2 fully saturated rings. The van der Waals surface area contributed by atoms with E-state index in [-0.39, 0.29) is 5.91 Å². The van der Waals surface area contributed by atoms with Gasteiger partial charge in [0.05, 0.1) is 0 Å². The van der Waals surface area contributed by atoms with Gasteiger partial charge in [0.2, 0.25) is 0 Å². The van der Waals surface area contributed by atoms with Gasteiger partial charge in [0, 0.05) is 43.4 Å². The molecule has 0 aromatic carbocycles. The van der Waals surface area contributed by atoms with Crippen molar-refractivity contribution >= 4 is 5.91 Å². The number of aromatic nitrogens is 2. The Morgan fingerprint density at radius 3 is 2.77 bits per heavy atom. The Morgan fingerprint density at radius 1 is 1.18 bits per heavy atom. The molecule has 2 N–H and O–H groups in total. The third-order valence-electron chi connectivity index (χ3n) is 5.44. The molecule has 3 aliphatic rings. The minimum atomic E-state index is 0.167. The summed E-state index contributed by atoms with van der Waals surface area (Å²) < 4.78 is 0. The standard InChI is InChI=1S/C17H26N4O/c22-17(16-14-10-18-9-8-15(14)19-20-16)21(11-12-6-7-12)13-4-2-1-3-5-13/h12-13,18H,1-11H2,(H,19,20). The lowest BCUT2D eigenvalue weighted by atomic mass is 9.93. The highest BCUT2D eigenvalue weighted by Gasteiger charge is 2.34. The molecule has 4 rings (SSSR count). The molecule has 1 amide bonds. The summed E-state index contributed by atoms with van der Waals surface area (Å²) in [6, 6.07) is 0.436. The fourth-order valence-corrected chi connectivity index (χ4v) is 3.91. The first kappa shape index (κ1) is 14.2. The smallest absolute Gasteiger partial charge is 0.274 e. The number of carbonyl (C=O) groups excluding carboxylic acids is 1. The molecule has 1 aliphatic heterocycles. The van der Waals surface area contributed by atoms with Gasteiger partial charge in [-0.15, -0.1) is 0 Å². The molecule has 5 nitrogen and oxygen atoms in total. The van der Waals surface area contributed by atoms with E-state index >= 15 is 0 Å². The number of carbonyl (C=O) groups is 1. The summed E-state index contributed by atoms with van der Waals surface area (Å²) in [5.74, 6) is 0.902. The maximum absolute atomic E-state index is 13.2. The number of hydrogen-bond donors (Lipinski definition) is 2. The summed E-state index contributed by atoms with van der Waals surface area (Å²) in [4.78, 5) is 15.3. The summed E-state index contributed by atoms with van der Waals surface area (Å²) in [7, 11) is 0. The Hall–Kier alpha value is -1.36. The number of nitrogens with zero attached hydrogens (tertiary/aromatic N) is 2. The highest BCUT2D eigenvalue weighted by Crippen LogP contribution is 2.33. The predicted molar refractivity (Wildman–Crippen MR) is 84.6 cm³/mol. The van der Waals surface area contributed by atoms with Gasteiger partial charge in [0.1, 0.15) is 0 Å². The number of amides is 1. The SMILES string of the molecule is O=C(c1n[nH]c2c1CNCC2)N(CC1CC1)C1CCCCC1. The van der Waals surface area contributed by atoms with Crippen molar-refractivity contribution in [1.29, 1.82) is 0 Å². The van der Waals surface area contributed by atoms with Crippen LogP contribution in [-0.4, -0.2) is 40.1 Å². The highest BCUT2D eigenvalue weighted by molar-refractivity contribution is 5.94. The van der Waals surface area contributed by atoms with Crippen molar-refractivity contribution in [3.8, 4) is 0 Å². The molecule has 120 valence electrons. The van der Waals surface area contributed by atoms with Gasteiger partial charge in [0.25, 0.3) is 5.91 Å². The number of H-pyrrole nitrogens is 1. The molecule has 0 unspecified atom stereocenters. The molecule has 0 bridgehead atoms. The molecule has 5 heteroatoms. The van der Waals surface area contributed by atoms with Crippen LogP contribution >= 0.6 is 0 Å². The number of aromatic amines is 1. The van der Waals surface area contributed by atoms with Gasteiger partial charge in [-0.1, -0.05) is 19.3 Å². The van der Waals surface area contributed by atoms with Crippen LogP contribution in [0.25, 0.3) is 0 Å². The maximum atomic E-state index is 13.2. The summed E-state index contributed by atoms with van der Waals surface area (Å²) >= 11 is 0. The second kappa shape index (κ2) is 6.03. The third kappa shape index (κ3) is 2.78. The van der Waals surface area contributed by atoms with E-state index < -0.39 is 0 Å². The zero-order valence-electron chi connectivity index (χ0n) is 13.2. The van der Waals surface area contributed by atoms with Crippen molar-refractivity contribution in [3.63, 3.8) is 0 Å². The Morgan fingerprint density at radius 2 is 2.00 bits per heavy atom. The van der Waals surface area contributed by atoms with Gasteiger partial charge in [-0.2, -0.15) is 5.10 Å². The van der Waals surface area contributed by atoms with Gasteiger partial charge in [-0.3, -0.25) is 9.89 Å². The lowest BCUT2D eigenvalue weighted by Gasteiger charge is -2.34. The van der Waals surface area contributed by atoms with Gasteiger partial charge >= 0.3 is 0 Å². The van der Waals surface area contributed by atoms with Gasteiger partial charge in [0.15, 0.2) is 5.69 Å². The van der Waals surface area contributed by atoms with Gasteiger partial charge < -0.3 is 10.2 Å². The van der Waals surface area contributed by atoms with Crippen molar-refractivity contribution in [2.45, 2.75) is 64.0 Å². The number of nitrogens with one attached hydrogen (secondary N) is 2. The first-order valence-electron chi connectivity index (χ1n) is 8.90. The fraction of sp³-hybridized carbons (Fsp3) is 0.765. The van der Waals surface area contributed by atoms with Crippen LogP contribution in [0.3, 0.4) is 0 Å². The van der Waals surface area contributed by atoms with Crippen LogP contribution in [0, 0.1) is 5.92 Å². The molecule has 1 aromatic heterocycles. The molecule has 0 saturated heterocycles. The van der Waals surface area contributed by atoms with Crippen LogP contribution < -0.4 is 5.32 Å². The molecule has 1 aromatic rings. The average molecular weight is 302 g/mol. The van der Waals surface area contributed by atoms with Crippen LogP contribution in [0.4, 0.5) is 0 Å². The average Bonchev–Trinajstić information content (AvgIpc) is 3.29. The molecular weight excluding hydrogens is 276 g/mol. The Kier molecular flexibility index (Phi) is 3.90. The number of fused-ring (bicyclic) bond motifs is 1. The van der Waals surface area contributed by atoms with E-state index in [1.807, 2.05) is 0 Å². The summed E-state index contributed by atoms with van der Waals surface area (Å²) in [6.07, 6.45) is 9.71. The molecule has 0 radical (unpaired) electrons. The van der Waals surface area contributed by atoms with E-state index in [0.717, 1.165) is 43.2 Å². The lowest BCUT2D eigenvalue weighted by Crippen LogP contribution is -2.43. The molecule has 2 heterocycles. The third-order valence-corrected chi connectivity index (χ3v) is 5.44. The molecule has 2 saturated carbocycles. The van der Waals surface area contributed by atoms with Crippen LogP contribution in [0.5, 0.6) is 0 Å². The van der Waals surface area contributed by atoms with Crippen molar-refractivity contribution in [2.24, 2.45) is 5.92 Å². The van der Waals surface area contributed by atoms with Crippen molar-refractivity contribution in [2.75, 3.05) is 13.1 Å². The van der Waals surface area contributed by atoms with E-state index in [1.54, 1.807) is 0 Å².